The maximum Gasteiger partial charge on any atom is 0.271 e. The van der Waals surface area contributed by atoms with E-state index in [0.717, 1.165) is 12.8 Å². The molecule has 1 amide bonds. The lowest BCUT2D eigenvalue weighted by molar-refractivity contribution is 0.0940. The van der Waals surface area contributed by atoms with Crippen LogP contribution < -0.4 is 5.32 Å². The molecule has 2 unspecified atom stereocenters. The molecule has 1 fully saturated rings. The lowest BCUT2D eigenvalue weighted by Crippen LogP contribution is -2.29. The third kappa shape index (κ3) is 3.51. The molecule has 0 aromatic carbocycles. The van der Waals surface area contributed by atoms with Crippen molar-refractivity contribution in [2.24, 2.45) is 5.92 Å². The van der Waals surface area contributed by atoms with E-state index in [0.29, 0.717) is 18.9 Å². The fraction of sp³-hybridized carbons (Fsp3) is 0.500. The summed E-state index contributed by atoms with van der Waals surface area (Å²) < 4.78 is 0. The van der Waals surface area contributed by atoms with Crippen molar-refractivity contribution in [3.8, 4) is 0 Å². The molecule has 2 N–H and O–H groups in total. The molecule has 0 bridgehead atoms. The Labute approximate surface area is 126 Å². The van der Waals surface area contributed by atoms with Crippen LogP contribution in [0.4, 0.5) is 0 Å². The highest BCUT2D eigenvalue weighted by molar-refractivity contribution is 6.48. The van der Waals surface area contributed by atoms with Crippen molar-refractivity contribution in [1.29, 1.82) is 0 Å². The molecule has 1 heterocycles. The lowest BCUT2D eigenvalue weighted by atomic mass is 10.1. The molecule has 1 saturated carbocycles. The van der Waals surface area contributed by atoms with Crippen LogP contribution in [-0.2, 0) is 0 Å². The Morgan fingerprint density at radius 2 is 2.11 bits per heavy atom. The summed E-state index contributed by atoms with van der Waals surface area (Å²) in [5.74, 6) is -0.0922. The lowest BCUT2D eigenvalue weighted by Gasteiger charge is -2.11. The average molecular weight is 324 g/mol. The van der Waals surface area contributed by atoms with E-state index >= 15 is 0 Å². The summed E-state index contributed by atoms with van der Waals surface area (Å²) in [6.07, 6.45) is 3.44. The number of halogens is 3. The van der Waals surface area contributed by atoms with Crippen molar-refractivity contribution in [2.75, 3.05) is 6.54 Å². The summed E-state index contributed by atoms with van der Waals surface area (Å²) in [7, 11) is 0. The Bertz CT molecular complexity index is 496. The van der Waals surface area contributed by atoms with Crippen molar-refractivity contribution in [3.05, 3.63) is 27.0 Å². The number of pyridine rings is 1. The number of nitrogens with one attached hydrogen (secondary N) is 1. The molecule has 1 aliphatic carbocycles. The molecule has 0 aliphatic heterocycles. The number of aliphatic hydroxyl groups is 1. The first kappa shape index (κ1) is 14.9. The topological polar surface area (TPSA) is 62.2 Å². The van der Waals surface area contributed by atoms with Gasteiger partial charge < -0.3 is 10.4 Å². The van der Waals surface area contributed by atoms with Gasteiger partial charge in [-0.15, -0.1) is 0 Å². The second-order valence-corrected chi connectivity index (χ2v) is 5.79. The molecule has 1 aromatic rings. The van der Waals surface area contributed by atoms with E-state index in [1.54, 1.807) is 0 Å². The Morgan fingerprint density at radius 3 is 2.74 bits per heavy atom. The van der Waals surface area contributed by atoms with Gasteiger partial charge in [-0.2, -0.15) is 0 Å². The van der Waals surface area contributed by atoms with Crippen molar-refractivity contribution in [1.82, 2.24) is 10.3 Å². The zero-order valence-corrected chi connectivity index (χ0v) is 12.3. The van der Waals surface area contributed by atoms with Crippen LogP contribution in [0.5, 0.6) is 0 Å². The Morgan fingerprint density at radius 1 is 1.37 bits per heavy atom. The van der Waals surface area contributed by atoms with E-state index in [1.807, 2.05) is 0 Å². The monoisotopic (exact) mass is 322 g/mol. The quantitative estimate of drug-likeness (QED) is 0.899. The highest BCUT2D eigenvalue weighted by Crippen LogP contribution is 2.31. The van der Waals surface area contributed by atoms with Crippen molar-refractivity contribution in [3.63, 3.8) is 0 Å². The molecule has 0 saturated heterocycles. The average Bonchev–Trinajstić information content (AvgIpc) is 2.79. The van der Waals surface area contributed by atoms with Crippen LogP contribution in [0.3, 0.4) is 0 Å². The highest BCUT2D eigenvalue weighted by Gasteiger charge is 2.24. The molecule has 2 rings (SSSR count). The van der Waals surface area contributed by atoms with Gasteiger partial charge in [-0.05, 0) is 25.2 Å². The number of carbonyl (C=O) groups is 1. The fourth-order valence-electron chi connectivity index (χ4n) is 2.16. The Hall–Kier alpha value is -0.550. The molecule has 0 radical (unpaired) electrons. The molecule has 4 nitrogen and oxygen atoms in total. The molecule has 1 aliphatic rings. The van der Waals surface area contributed by atoms with Gasteiger partial charge in [0.25, 0.3) is 5.91 Å². The van der Waals surface area contributed by atoms with Crippen molar-refractivity contribution in [2.45, 2.75) is 25.4 Å². The second kappa shape index (κ2) is 6.27. The summed E-state index contributed by atoms with van der Waals surface area (Å²) in [5.41, 5.74) is 0.0645. The van der Waals surface area contributed by atoms with E-state index in [1.165, 1.54) is 6.20 Å². The summed E-state index contributed by atoms with van der Waals surface area (Å²) in [6.45, 7) is 0.494. The number of amides is 1. The van der Waals surface area contributed by atoms with Crippen LogP contribution in [0.15, 0.2) is 6.20 Å². The minimum absolute atomic E-state index is 0.0538. The van der Waals surface area contributed by atoms with Gasteiger partial charge in [0.15, 0.2) is 0 Å². The number of aromatic nitrogens is 1. The van der Waals surface area contributed by atoms with Gasteiger partial charge in [0, 0.05) is 12.7 Å². The van der Waals surface area contributed by atoms with Gasteiger partial charge in [-0.1, -0.05) is 34.8 Å². The minimum atomic E-state index is -0.384. The number of aliphatic hydroxyl groups excluding tert-OH is 1. The predicted octanol–water partition coefficient (Wildman–Crippen LogP) is 2.93. The molecule has 1 aromatic heterocycles. The van der Waals surface area contributed by atoms with Crippen LogP contribution >= 0.6 is 34.8 Å². The molecular weight excluding hydrogens is 311 g/mol. The highest BCUT2D eigenvalue weighted by atomic mass is 35.5. The standard InChI is InChI=1S/C12H13Cl3N2O2/c13-8-5-16-11(10(15)9(8)14)12(19)17-4-6-1-2-7(18)3-6/h5-7,18H,1-4H2,(H,17,19). The van der Waals surface area contributed by atoms with Gasteiger partial charge >= 0.3 is 0 Å². The molecule has 0 spiro atoms. The number of hydrogen-bond donors (Lipinski definition) is 2. The maximum absolute atomic E-state index is 11.9. The van der Waals surface area contributed by atoms with E-state index < -0.39 is 0 Å². The van der Waals surface area contributed by atoms with Crippen LogP contribution in [0.1, 0.15) is 29.8 Å². The maximum atomic E-state index is 11.9. The summed E-state index contributed by atoms with van der Waals surface area (Å²) in [6, 6.07) is 0. The number of rotatable bonds is 3. The van der Waals surface area contributed by atoms with E-state index in [2.05, 4.69) is 10.3 Å². The van der Waals surface area contributed by atoms with Gasteiger partial charge in [-0.3, -0.25) is 4.79 Å². The van der Waals surface area contributed by atoms with Crippen LogP contribution in [0, 0.1) is 5.92 Å². The predicted molar refractivity (Wildman–Crippen MR) is 74.9 cm³/mol. The zero-order valence-electron chi connectivity index (χ0n) is 10.00. The number of nitrogens with zero attached hydrogens (tertiary/aromatic N) is 1. The fourth-order valence-corrected chi connectivity index (χ4v) is 2.72. The number of carbonyl (C=O) groups excluding carboxylic acids is 1. The first-order valence-electron chi connectivity index (χ1n) is 5.94. The second-order valence-electron chi connectivity index (χ2n) is 4.63. The molecule has 2 atom stereocenters. The Balaban J connectivity index is 1.98. The molecule has 104 valence electrons. The normalized spacial score (nSPS) is 22.5. The van der Waals surface area contributed by atoms with E-state index in [-0.39, 0.29) is 32.8 Å². The summed E-state index contributed by atoms with van der Waals surface area (Å²) in [5, 5.41) is 12.6. The third-order valence-electron chi connectivity index (χ3n) is 3.20. The van der Waals surface area contributed by atoms with E-state index in [4.69, 9.17) is 34.8 Å². The minimum Gasteiger partial charge on any atom is -0.393 e. The number of hydrogen-bond acceptors (Lipinski definition) is 3. The Kier molecular flexibility index (Phi) is 4.90. The molecule has 7 heteroatoms. The van der Waals surface area contributed by atoms with Gasteiger partial charge in [0.1, 0.15) is 5.69 Å². The molecular formula is C12H13Cl3N2O2. The first-order valence-corrected chi connectivity index (χ1v) is 7.08. The first-order chi connectivity index (χ1) is 8.99. The zero-order chi connectivity index (χ0) is 14.0. The van der Waals surface area contributed by atoms with Crippen LogP contribution in [0.25, 0.3) is 0 Å². The SMILES string of the molecule is O=C(NCC1CCC(O)C1)c1ncc(Cl)c(Cl)c1Cl. The van der Waals surface area contributed by atoms with Crippen LogP contribution in [0.2, 0.25) is 15.1 Å². The summed E-state index contributed by atoms with van der Waals surface area (Å²) in [4.78, 5) is 15.8. The molecule has 19 heavy (non-hydrogen) atoms. The van der Waals surface area contributed by atoms with Gasteiger partial charge in [0.2, 0.25) is 0 Å². The van der Waals surface area contributed by atoms with Gasteiger partial charge in [0.05, 0.1) is 21.2 Å². The summed E-state index contributed by atoms with van der Waals surface area (Å²) >= 11 is 17.5. The largest absolute Gasteiger partial charge is 0.393 e. The van der Waals surface area contributed by atoms with Crippen molar-refractivity contribution >= 4 is 40.7 Å². The smallest absolute Gasteiger partial charge is 0.271 e. The van der Waals surface area contributed by atoms with Gasteiger partial charge in [-0.25, -0.2) is 4.98 Å². The van der Waals surface area contributed by atoms with Crippen LogP contribution in [-0.4, -0.2) is 28.6 Å². The van der Waals surface area contributed by atoms with Crippen molar-refractivity contribution < 1.29 is 9.90 Å². The van der Waals surface area contributed by atoms with E-state index in [9.17, 15) is 9.90 Å². The third-order valence-corrected chi connectivity index (χ3v) is 4.44.